The zero-order chi connectivity index (χ0) is 15.6. The fourth-order valence-electron chi connectivity index (χ4n) is 1.96. The molecule has 0 saturated heterocycles. The van der Waals surface area contributed by atoms with Crippen molar-refractivity contribution in [3.63, 3.8) is 0 Å². The van der Waals surface area contributed by atoms with E-state index in [4.69, 9.17) is 9.88 Å². The molecule has 2 aromatic rings. The summed E-state index contributed by atoms with van der Waals surface area (Å²) in [4.78, 5) is 0.0317. The number of primary sulfonamides is 1. The van der Waals surface area contributed by atoms with Gasteiger partial charge in [-0.1, -0.05) is 0 Å². The van der Waals surface area contributed by atoms with Gasteiger partial charge in [0.2, 0.25) is 10.0 Å². The van der Waals surface area contributed by atoms with Crippen molar-refractivity contribution in [1.82, 2.24) is 9.78 Å². The monoisotopic (exact) mass is 310 g/mol. The molecule has 1 aromatic carbocycles. The third kappa shape index (κ3) is 3.53. The standard InChI is InChI=1S/C13H18N4O3S/c1-9(10-7-15-17(2)8-10)16-12-6-11(21(14,18)19)4-5-13(12)20-3/h4-9,16H,1-3H3,(H2,14,18,19). The van der Waals surface area contributed by atoms with E-state index < -0.39 is 10.0 Å². The van der Waals surface area contributed by atoms with Crippen molar-refractivity contribution in [3.8, 4) is 5.75 Å². The van der Waals surface area contributed by atoms with E-state index in [9.17, 15) is 8.42 Å². The molecule has 3 N–H and O–H groups in total. The Labute approximate surface area is 123 Å². The Morgan fingerprint density at radius 3 is 2.67 bits per heavy atom. The maximum atomic E-state index is 11.4. The molecular formula is C13H18N4O3S. The number of hydrogen-bond donors (Lipinski definition) is 2. The molecular weight excluding hydrogens is 292 g/mol. The van der Waals surface area contributed by atoms with E-state index in [0.29, 0.717) is 11.4 Å². The van der Waals surface area contributed by atoms with Gasteiger partial charge in [0.05, 0.1) is 29.9 Å². The normalized spacial score (nSPS) is 13.0. The summed E-state index contributed by atoms with van der Waals surface area (Å²) in [5.74, 6) is 0.540. The van der Waals surface area contributed by atoms with Crippen molar-refractivity contribution in [2.45, 2.75) is 17.9 Å². The molecule has 0 aliphatic rings. The summed E-state index contributed by atoms with van der Waals surface area (Å²) < 4.78 is 29.8. The van der Waals surface area contributed by atoms with E-state index in [2.05, 4.69) is 10.4 Å². The van der Waals surface area contributed by atoms with Crippen molar-refractivity contribution >= 4 is 15.7 Å². The predicted octanol–water partition coefficient (Wildman–Crippen LogP) is 1.25. The minimum absolute atomic E-state index is 0.0317. The number of nitrogens with one attached hydrogen (secondary N) is 1. The highest BCUT2D eigenvalue weighted by molar-refractivity contribution is 7.89. The molecule has 0 aliphatic carbocycles. The molecule has 0 amide bonds. The fraction of sp³-hybridized carbons (Fsp3) is 0.308. The van der Waals surface area contributed by atoms with Gasteiger partial charge >= 0.3 is 0 Å². The SMILES string of the molecule is COc1ccc(S(N)(=O)=O)cc1NC(C)c1cnn(C)c1. The topological polar surface area (TPSA) is 99.2 Å². The van der Waals surface area contributed by atoms with E-state index in [-0.39, 0.29) is 10.9 Å². The lowest BCUT2D eigenvalue weighted by Crippen LogP contribution is -2.13. The van der Waals surface area contributed by atoms with Gasteiger partial charge in [-0.2, -0.15) is 5.10 Å². The Hall–Kier alpha value is -2.06. The van der Waals surface area contributed by atoms with Gasteiger partial charge in [-0.15, -0.1) is 0 Å². The van der Waals surface area contributed by atoms with Crippen molar-refractivity contribution in [2.75, 3.05) is 12.4 Å². The Kier molecular flexibility index (Phi) is 4.19. The Morgan fingerprint density at radius 1 is 1.43 bits per heavy atom. The van der Waals surface area contributed by atoms with Crippen LogP contribution in [-0.2, 0) is 17.1 Å². The molecule has 0 saturated carbocycles. The van der Waals surface area contributed by atoms with Crippen molar-refractivity contribution in [2.24, 2.45) is 12.2 Å². The van der Waals surface area contributed by atoms with Crippen LogP contribution in [0.4, 0.5) is 5.69 Å². The minimum Gasteiger partial charge on any atom is -0.495 e. The Bertz CT molecular complexity index is 740. The molecule has 1 unspecified atom stereocenters. The first-order valence-electron chi connectivity index (χ1n) is 6.27. The molecule has 8 heteroatoms. The fourth-order valence-corrected chi connectivity index (χ4v) is 2.50. The molecule has 0 fully saturated rings. The molecule has 0 bridgehead atoms. The van der Waals surface area contributed by atoms with Crippen LogP contribution in [0.3, 0.4) is 0 Å². The lowest BCUT2D eigenvalue weighted by atomic mass is 10.1. The van der Waals surface area contributed by atoms with Gasteiger partial charge in [-0.3, -0.25) is 4.68 Å². The number of aryl methyl sites for hydroxylation is 1. The quantitative estimate of drug-likeness (QED) is 0.866. The zero-order valence-corrected chi connectivity index (χ0v) is 12.9. The number of hydrogen-bond acceptors (Lipinski definition) is 5. The average molecular weight is 310 g/mol. The molecule has 0 spiro atoms. The van der Waals surface area contributed by atoms with E-state index in [0.717, 1.165) is 5.56 Å². The highest BCUT2D eigenvalue weighted by atomic mass is 32.2. The van der Waals surface area contributed by atoms with Crippen LogP contribution in [0.25, 0.3) is 0 Å². The van der Waals surface area contributed by atoms with Gasteiger partial charge in [0, 0.05) is 18.8 Å². The second-order valence-corrected chi connectivity index (χ2v) is 6.28. The highest BCUT2D eigenvalue weighted by Crippen LogP contribution is 2.30. The van der Waals surface area contributed by atoms with Crippen molar-refractivity contribution in [3.05, 3.63) is 36.2 Å². The van der Waals surface area contributed by atoms with Gasteiger partial charge in [0.15, 0.2) is 0 Å². The smallest absolute Gasteiger partial charge is 0.238 e. The maximum Gasteiger partial charge on any atom is 0.238 e. The highest BCUT2D eigenvalue weighted by Gasteiger charge is 2.15. The third-order valence-electron chi connectivity index (χ3n) is 3.10. The van der Waals surface area contributed by atoms with Crippen LogP contribution in [0.1, 0.15) is 18.5 Å². The number of benzene rings is 1. The van der Waals surface area contributed by atoms with E-state index in [1.165, 1.54) is 19.2 Å². The second-order valence-electron chi connectivity index (χ2n) is 4.72. The predicted molar refractivity (Wildman–Crippen MR) is 79.6 cm³/mol. The van der Waals surface area contributed by atoms with E-state index in [1.807, 2.05) is 20.2 Å². The molecule has 0 aliphatic heterocycles. The molecule has 2 rings (SSSR count). The van der Waals surface area contributed by atoms with Crippen molar-refractivity contribution in [1.29, 1.82) is 0 Å². The van der Waals surface area contributed by atoms with Crippen LogP contribution in [0.15, 0.2) is 35.5 Å². The van der Waals surface area contributed by atoms with Crippen LogP contribution < -0.4 is 15.2 Å². The number of anilines is 1. The van der Waals surface area contributed by atoms with E-state index in [1.54, 1.807) is 16.9 Å². The van der Waals surface area contributed by atoms with Gasteiger partial charge in [0.25, 0.3) is 0 Å². The molecule has 0 radical (unpaired) electrons. The number of aromatic nitrogens is 2. The lowest BCUT2D eigenvalue weighted by Gasteiger charge is -2.17. The van der Waals surface area contributed by atoms with Crippen LogP contribution >= 0.6 is 0 Å². The third-order valence-corrected chi connectivity index (χ3v) is 4.01. The first-order valence-corrected chi connectivity index (χ1v) is 7.82. The van der Waals surface area contributed by atoms with Gasteiger partial charge in [-0.25, -0.2) is 13.6 Å². The second kappa shape index (κ2) is 5.74. The minimum atomic E-state index is -3.76. The largest absolute Gasteiger partial charge is 0.495 e. The molecule has 7 nitrogen and oxygen atoms in total. The molecule has 1 heterocycles. The summed E-state index contributed by atoms with van der Waals surface area (Å²) >= 11 is 0. The number of methoxy groups -OCH3 is 1. The summed E-state index contributed by atoms with van der Waals surface area (Å²) in [6, 6.07) is 4.37. The first-order chi connectivity index (χ1) is 9.81. The lowest BCUT2D eigenvalue weighted by molar-refractivity contribution is 0.415. The van der Waals surface area contributed by atoms with E-state index >= 15 is 0 Å². The Balaban J connectivity index is 2.33. The van der Waals surface area contributed by atoms with Crippen LogP contribution in [0.2, 0.25) is 0 Å². The van der Waals surface area contributed by atoms with Crippen molar-refractivity contribution < 1.29 is 13.2 Å². The number of sulfonamides is 1. The summed E-state index contributed by atoms with van der Waals surface area (Å²) in [7, 11) is -0.407. The summed E-state index contributed by atoms with van der Waals surface area (Å²) in [6.45, 7) is 1.94. The number of ether oxygens (including phenoxy) is 1. The number of rotatable bonds is 5. The molecule has 21 heavy (non-hydrogen) atoms. The molecule has 1 aromatic heterocycles. The number of nitrogens with two attached hydrogens (primary N) is 1. The van der Waals surface area contributed by atoms with Crippen LogP contribution in [0, 0.1) is 0 Å². The summed E-state index contributed by atoms with van der Waals surface area (Å²) in [5.41, 5.74) is 1.53. The van der Waals surface area contributed by atoms with Gasteiger partial charge in [-0.05, 0) is 25.1 Å². The molecule has 1 atom stereocenters. The maximum absolute atomic E-state index is 11.4. The first kappa shape index (κ1) is 15.3. The van der Waals surface area contributed by atoms with Gasteiger partial charge < -0.3 is 10.1 Å². The summed E-state index contributed by atoms with van der Waals surface area (Å²) in [5, 5.41) is 12.5. The zero-order valence-electron chi connectivity index (χ0n) is 12.1. The average Bonchev–Trinajstić information content (AvgIpc) is 2.84. The number of nitrogens with zero attached hydrogens (tertiary/aromatic N) is 2. The Morgan fingerprint density at radius 2 is 2.14 bits per heavy atom. The molecule has 114 valence electrons. The summed E-state index contributed by atoms with van der Waals surface area (Å²) in [6.07, 6.45) is 3.63. The van der Waals surface area contributed by atoms with Gasteiger partial charge in [0.1, 0.15) is 5.75 Å². The van der Waals surface area contributed by atoms with Crippen LogP contribution in [0.5, 0.6) is 5.75 Å². The van der Waals surface area contributed by atoms with Crippen LogP contribution in [-0.4, -0.2) is 25.3 Å².